The molecule has 0 radical (unpaired) electrons. The maximum Gasteiger partial charge on any atom is 0.291 e. The molecule has 0 fully saturated rings. The Morgan fingerprint density at radius 3 is 2.41 bits per heavy atom. The first-order valence-electron chi connectivity index (χ1n) is 8.67. The van der Waals surface area contributed by atoms with Crippen molar-refractivity contribution in [3.8, 4) is 5.75 Å². The summed E-state index contributed by atoms with van der Waals surface area (Å²) in [5.74, 6) is -4.82. The van der Waals surface area contributed by atoms with Crippen LogP contribution in [0.4, 0.5) is 18.9 Å². The zero-order valence-electron chi connectivity index (χ0n) is 14.9. The predicted molar refractivity (Wildman–Crippen MR) is 101 cm³/mol. The Bertz CT molecular complexity index is 1190. The average molecular weight is 397 g/mol. The SMILES string of the molecule is O=C(Nc1ccc(F)c(F)c1F)c1oc2ccccc2c1COc1ccccc1. The molecule has 0 atom stereocenters. The van der Waals surface area contributed by atoms with Gasteiger partial charge in [0.15, 0.2) is 23.2 Å². The summed E-state index contributed by atoms with van der Waals surface area (Å²) < 4.78 is 51.9. The molecule has 0 bridgehead atoms. The van der Waals surface area contributed by atoms with Crippen molar-refractivity contribution < 1.29 is 27.1 Å². The Morgan fingerprint density at radius 1 is 0.897 bits per heavy atom. The number of furan rings is 1. The van der Waals surface area contributed by atoms with Gasteiger partial charge in [0, 0.05) is 10.9 Å². The number of anilines is 1. The van der Waals surface area contributed by atoms with E-state index in [4.69, 9.17) is 9.15 Å². The minimum Gasteiger partial charge on any atom is -0.489 e. The van der Waals surface area contributed by atoms with Crippen LogP contribution in [0.25, 0.3) is 11.0 Å². The van der Waals surface area contributed by atoms with E-state index < -0.39 is 29.0 Å². The molecular formula is C22H14F3NO3. The van der Waals surface area contributed by atoms with Gasteiger partial charge in [-0.1, -0.05) is 36.4 Å². The smallest absolute Gasteiger partial charge is 0.291 e. The van der Waals surface area contributed by atoms with Crippen LogP contribution < -0.4 is 10.1 Å². The highest BCUT2D eigenvalue weighted by Gasteiger charge is 2.23. The van der Waals surface area contributed by atoms with Crippen molar-refractivity contribution in [1.82, 2.24) is 0 Å². The topological polar surface area (TPSA) is 51.5 Å². The van der Waals surface area contributed by atoms with Gasteiger partial charge >= 0.3 is 0 Å². The van der Waals surface area contributed by atoms with E-state index in [9.17, 15) is 18.0 Å². The van der Waals surface area contributed by atoms with Crippen LogP contribution in [0.3, 0.4) is 0 Å². The summed E-state index contributed by atoms with van der Waals surface area (Å²) in [6.07, 6.45) is 0. The molecule has 0 unspecified atom stereocenters. The van der Waals surface area contributed by atoms with Gasteiger partial charge < -0.3 is 14.5 Å². The van der Waals surface area contributed by atoms with Gasteiger partial charge in [-0.2, -0.15) is 0 Å². The molecule has 0 spiro atoms. The molecule has 4 nitrogen and oxygen atoms in total. The Kier molecular flexibility index (Phi) is 4.95. The lowest BCUT2D eigenvalue weighted by Gasteiger charge is -2.09. The second-order valence-corrected chi connectivity index (χ2v) is 6.18. The first-order chi connectivity index (χ1) is 14.0. The zero-order chi connectivity index (χ0) is 20.4. The highest BCUT2D eigenvalue weighted by molar-refractivity contribution is 6.06. The molecule has 0 aliphatic heterocycles. The van der Waals surface area contributed by atoms with E-state index in [1.165, 1.54) is 0 Å². The largest absolute Gasteiger partial charge is 0.489 e. The van der Waals surface area contributed by atoms with E-state index >= 15 is 0 Å². The number of halogens is 3. The molecule has 4 aromatic rings. The number of carbonyl (C=O) groups excluding carboxylic acids is 1. The fourth-order valence-electron chi connectivity index (χ4n) is 2.90. The summed E-state index contributed by atoms with van der Waals surface area (Å²) in [4.78, 5) is 12.7. The Labute approximate surface area is 163 Å². The summed E-state index contributed by atoms with van der Waals surface area (Å²) >= 11 is 0. The molecule has 7 heteroatoms. The summed E-state index contributed by atoms with van der Waals surface area (Å²) in [7, 11) is 0. The first-order valence-corrected chi connectivity index (χ1v) is 8.67. The van der Waals surface area contributed by atoms with E-state index in [0.717, 1.165) is 12.1 Å². The number of para-hydroxylation sites is 2. The minimum absolute atomic E-state index is 0.0179. The van der Waals surface area contributed by atoms with Gasteiger partial charge in [0.2, 0.25) is 0 Å². The third-order valence-electron chi connectivity index (χ3n) is 4.31. The number of amides is 1. The van der Waals surface area contributed by atoms with Crippen LogP contribution in [0, 0.1) is 17.5 Å². The van der Waals surface area contributed by atoms with Gasteiger partial charge in [-0.05, 0) is 30.3 Å². The van der Waals surface area contributed by atoms with Crippen molar-refractivity contribution in [2.75, 3.05) is 5.32 Å². The quantitative estimate of drug-likeness (QED) is 0.441. The summed E-state index contributed by atoms with van der Waals surface area (Å²) in [6.45, 7) is 0.0179. The maximum absolute atomic E-state index is 13.9. The molecule has 1 aromatic heterocycles. The molecule has 29 heavy (non-hydrogen) atoms. The van der Waals surface area contributed by atoms with E-state index in [1.54, 1.807) is 36.4 Å². The van der Waals surface area contributed by atoms with Gasteiger partial charge in [0.05, 0.1) is 5.69 Å². The molecule has 1 amide bonds. The van der Waals surface area contributed by atoms with Crippen molar-refractivity contribution >= 4 is 22.6 Å². The molecular weight excluding hydrogens is 383 g/mol. The van der Waals surface area contributed by atoms with Gasteiger partial charge in [-0.3, -0.25) is 4.79 Å². The van der Waals surface area contributed by atoms with E-state index in [-0.39, 0.29) is 12.4 Å². The average Bonchev–Trinajstić information content (AvgIpc) is 3.12. The number of fused-ring (bicyclic) bond motifs is 1. The lowest BCUT2D eigenvalue weighted by molar-refractivity contribution is 0.0994. The van der Waals surface area contributed by atoms with E-state index in [0.29, 0.717) is 22.3 Å². The van der Waals surface area contributed by atoms with Crippen LogP contribution >= 0.6 is 0 Å². The maximum atomic E-state index is 13.9. The van der Waals surface area contributed by atoms with Gasteiger partial charge in [0.1, 0.15) is 17.9 Å². The lowest BCUT2D eigenvalue weighted by atomic mass is 10.1. The number of nitrogens with one attached hydrogen (secondary N) is 1. The fraction of sp³-hybridized carbons (Fsp3) is 0.0455. The molecule has 1 N–H and O–H groups in total. The number of carbonyl (C=O) groups is 1. The standard InChI is InChI=1S/C22H14F3NO3/c23-16-10-11-17(20(25)19(16)24)26-22(27)21-15(12-28-13-6-2-1-3-7-13)14-8-4-5-9-18(14)29-21/h1-11H,12H2,(H,26,27). The van der Waals surface area contributed by atoms with Crippen molar-refractivity contribution in [3.63, 3.8) is 0 Å². The molecule has 0 aliphatic rings. The third kappa shape index (κ3) is 3.67. The van der Waals surface area contributed by atoms with E-state index in [2.05, 4.69) is 5.32 Å². The van der Waals surface area contributed by atoms with Crippen LogP contribution in [0.5, 0.6) is 5.75 Å². The van der Waals surface area contributed by atoms with Crippen LogP contribution in [-0.4, -0.2) is 5.91 Å². The van der Waals surface area contributed by atoms with Crippen molar-refractivity contribution in [2.24, 2.45) is 0 Å². The highest BCUT2D eigenvalue weighted by Crippen LogP contribution is 2.29. The van der Waals surface area contributed by atoms with Crippen LogP contribution in [0.1, 0.15) is 16.1 Å². The molecule has 1 heterocycles. The van der Waals surface area contributed by atoms with Crippen LogP contribution in [0.2, 0.25) is 0 Å². The third-order valence-corrected chi connectivity index (χ3v) is 4.31. The Morgan fingerprint density at radius 2 is 1.62 bits per heavy atom. The second-order valence-electron chi connectivity index (χ2n) is 6.18. The van der Waals surface area contributed by atoms with Gasteiger partial charge in [0.25, 0.3) is 5.91 Å². The van der Waals surface area contributed by atoms with Crippen LogP contribution in [0.15, 0.2) is 71.1 Å². The Balaban J connectivity index is 1.67. The number of benzene rings is 3. The summed E-state index contributed by atoms with van der Waals surface area (Å²) in [5, 5.41) is 2.88. The van der Waals surface area contributed by atoms with E-state index in [1.807, 2.05) is 18.2 Å². The summed E-state index contributed by atoms with van der Waals surface area (Å²) in [5.41, 5.74) is 0.393. The molecule has 0 saturated carbocycles. The second kappa shape index (κ2) is 7.71. The van der Waals surface area contributed by atoms with Gasteiger partial charge in [-0.25, -0.2) is 13.2 Å². The number of ether oxygens (including phenoxy) is 1. The summed E-state index contributed by atoms with van der Waals surface area (Å²) in [6, 6.07) is 17.6. The minimum atomic E-state index is -1.67. The highest BCUT2D eigenvalue weighted by atomic mass is 19.2. The van der Waals surface area contributed by atoms with Crippen LogP contribution in [-0.2, 0) is 6.61 Å². The van der Waals surface area contributed by atoms with Gasteiger partial charge in [-0.15, -0.1) is 0 Å². The number of rotatable bonds is 5. The number of hydrogen-bond acceptors (Lipinski definition) is 3. The molecule has 4 rings (SSSR count). The first kappa shape index (κ1) is 18.6. The number of hydrogen-bond donors (Lipinski definition) is 1. The predicted octanol–water partition coefficient (Wildman–Crippen LogP) is 5.68. The van der Waals surface area contributed by atoms with Crippen molar-refractivity contribution in [2.45, 2.75) is 6.61 Å². The lowest BCUT2D eigenvalue weighted by Crippen LogP contribution is -2.15. The molecule has 3 aromatic carbocycles. The van der Waals surface area contributed by atoms with Crippen molar-refractivity contribution in [3.05, 3.63) is 95.5 Å². The molecule has 0 saturated heterocycles. The Hall–Kier alpha value is -3.74. The molecule has 146 valence electrons. The fourth-order valence-corrected chi connectivity index (χ4v) is 2.90. The van der Waals surface area contributed by atoms with Crippen molar-refractivity contribution in [1.29, 1.82) is 0 Å². The molecule has 0 aliphatic carbocycles. The normalized spacial score (nSPS) is 10.9. The zero-order valence-corrected chi connectivity index (χ0v) is 14.9. The monoisotopic (exact) mass is 397 g/mol.